The van der Waals surface area contributed by atoms with Crippen LogP contribution in [0.3, 0.4) is 0 Å². The van der Waals surface area contributed by atoms with Crippen molar-refractivity contribution >= 4 is 5.97 Å². The van der Waals surface area contributed by atoms with Crippen molar-refractivity contribution in [1.82, 2.24) is 0 Å². The number of aromatic carboxylic acids is 1. The number of benzene rings is 2. The van der Waals surface area contributed by atoms with E-state index in [1.54, 1.807) is 18.2 Å². The average molecular weight is 280 g/mol. The second-order valence-corrected chi connectivity index (χ2v) is 4.47. The van der Waals surface area contributed by atoms with Crippen LogP contribution in [-0.2, 0) is 6.18 Å². The van der Waals surface area contributed by atoms with Gasteiger partial charge in [-0.2, -0.15) is 13.2 Å². The standard InChI is InChI=1S/C15H11F3O2/c1-9-3-2-4-10(5-9)11-6-12(14(19)20)8-13(7-11)15(16,17)18/h2-8H,1H3,(H,19,20). The van der Waals surface area contributed by atoms with Crippen LogP contribution >= 0.6 is 0 Å². The van der Waals surface area contributed by atoms with E-state index in [2.05, 4.69) is 0 Å². The number of carboxylic acid groups (broad SMARTS) is 1. The van der Waals surface area contributed by atoms with Gasteiger partial charge in [0.25, 0.3) is 0 Å². The van der Waals surface area contributed by atoms with Gasteiger partial charge < -0.3 is 5.11 Å². The first kappa shape index (κ1) is 14.1. The summed E-state index contributed by atoms with van der Waals surface area (Å²) in [6, 6.07) is 9.73. The summed E-state index contributed by atoms with van der Waals surface area (Å²) >= 11 is 0. The van der Waals surface area contributed by atoms with Crippen molar-refractivity contribution in [2.75, 3.05) is 0 Å². The lowest BCUT2D eigenvalue weighted by molar-refractivity contribution is -0.137. The predicted molar refractivity (Wildman–Crippen MR) is 68.6 cm³/mol. The van der Waals surface area contributed by atoms with Crippen LogP contribution in [0.2, 0.25) is 0 Å². The molecule has 0 radical (unpaired) electrons. The highest BCUT2D eigenvalue weighted by molar-refractivity contribution is 5.90. The molecule has 2 aromatic rings. The fourth-order valence-electron chi connectivity index (χ4n) is 1.91. The maximum Gasteiger partial charge on any atom is 0.416 e. The monoisotopic (exact) mass is 280 g/mol. The number of alkyl halides is 3. The Bertz CT molecular complexity index is 660. The van der Waals surface area contributed by atoms with E-state index in [0.717, 1.165) is 11.6 Å². The zero-order valence-electron chi connectivity index (χ0n) is 10.5. The Labute approximate surface area is 113 Å². The third kappa shape index (κ3) is 2.99. The van der Waals surface area contributed by atoms with E-state index < -0.39 is 17.7 Å². The van der Waals surface area contributed by atoms with Gasteiger partial charge >= 0.3 is 12.1 Å². The Morgan fingerprint density at radius 2 is 1.75 bits per heavy atom. The Hall–Kier alpha value is -2.30. The lowest BCUT2D eigenvalue weighted by Gasteiger charge is -2.11. The molecular weight excluding hydrogens is 269 g/mol. The molecule has 0 aliphatic carbocycles. The van der Waals surface area contributed by atoms with Crippen LogP contribution in [0.5, 0.6) is 0 Å². The lowest BCUT2D eigenvalue weighted by Crippen LogP contribution is -2.08. The Morgan fingerprint density at radius 3 is 2.30 bits per heavy atom. The van der Waals surface area contributed by atoms with Crippen LogP contribution in [0.1, 0.15) is 21.5 Å². The molecule has 0 spiro atoms. The summed E-state index contributed by atoms with van der Waals surface area (Å²) in [6.45, 7) is 1.81. The predicted octanol–water partition coefficient (Wildman–Crippen LogP) is 4.38. The van der Waals surface area contributed by atoms with Crippen LogP contribution in [0.25, 0.3) is 11.1 Å². The summed E-state index contributed by atoms with van der Waals surface area (Å²) in [5.74, 6) is -1.38. The molecule has 0 unspecified atom stereocenters. The quantitative estimate of drug-likeness (QED) is 0.886. The van der Waals surface area contributed by atoms with Crippen molar-refractivity contribution in [3.63, 3.8) is 0 Å². The first-order valence-corrected chi connectivity index (χ1v) is 5.80. The minimum atomic E-state index is -4.58. The molecule has 0 aromatic heterocycles. The van der Waals surface area contributed by atoms with E-state index in [0.29, 0.717) is 11.6 Å². The highest BCUT2D eigenvalue weighted by atomic mass is 19.4. The van der Waals surface area contributed by atoms with E-state index in [4.69, 9.17) is 5.11 Å². The lowest BCUT2D eigenvalue weighted by atomic mass is 9.98. The first-order chi connectivity index (χ1) is 9.27. The molecule has 2 aromatic carbocycles. The molecule has 1 N–H and O–H groups in total. The summed E-state index contributed by atoms with van der Waals surface area (Å²) in [4.78, 5) is 11.0. The first-order valence-electron chi connectivity index (χ1n) is 5.80. The smallest absolute Gasteiger partial charge is 0.416 e. The van der Waals surface area contributed by atoms with Crippen molar-refractivity contribution in [1.29, 1.82) is 0 Å². The fraction of sp³-hybridized carbons (Fsp3) is 0.133. The van der Waals surface area contributed by atoms with Gasteiger partial charge in [0.2, 0.25) is 0 Å². The summed E-state index contributed by atoms with van der Waals surface area (Å²) in [5.41, 5.74) is 0.335. The second kappa shape index (κ2) is 5.00. The van der Waals surface area contributed by atoms with Crippen molar-refractivity contribution < 1.29 is 23.1 Å². The summed E-state index contributed by atoms with van der Waals surface area (Å²) in [6.07, 6.45) is -4.58. The van der Waals surface area contributed by atoms with Gasteiger partial charge in [0.05, 0.1) is 11.1 Å². The summed E-state index contributed by atoms with van der Waals surface area (Å²) in [7, 11) is 0. The van der Waals surface area contributed by atoms with Crippen LogP contribution in [-0.4, -0.2) is 11.1 Å². The zero-order valence-corrected chi connectivity index (χ0v) is 10.5. The van der Waals surface area contributed by atoms with Crippen LogP contribution in [0.4, 0.5) is 13.2 Å². The van der Waals surface area contributed by atoms with Crippen LogP contribution < -0.4 is 0 Å². The number of halogens is 3. The minimum absolute atomic E-state index is 0.237. The maximum atomic E-state index is 12.8. The van der Waals surface area contributed by atoms with Crippen LogP contribution in [0, 0.1) is 6.92 Å². The Kier molecular flexibility index (Phi) is 3.53. The zero-order chi connectivity index (χ0) is 14.9. The fourth-order valence-corrected chi connectivity index (χ4v) is 1.91. The molecule has 0 fully saturated rings. The highest BCUT2D eigenvalue weighted by Crippen LogP contribution is 2.33. The molecule has 0 saturated heterocycles. The average Bonchev–Trinajstić information content (AvgIpc) is 2.37. The van der Waals surface area contributed by atoms with E-state index in [-0.39, 0.29) is 11.1 Å². The van der Waals surface area contributed by atoms with E-state index >= 15 is 0 Å². The number of hydrogen-bond donors (Lipinski definition) is 1. The van der Waals surface area contributed by atoms with Crippen molar-refractivity contribution in [3.8, 4) is 11.1 Å². The van der Waals surface area contributed by atoms with E-state index in [1.165, 1.54) is 6.07 Å². The van der Waals surface area contributed by atoms with Crippen molar-refractivity contribution in [2.45, 2.75) is 13.1 Å². The van der Waals surface area contributed by atoms with E-state index in [9.17, 15) is 18.0 Å². The molecule has 0 amide bonds. The molecule has 0 saturated carbocycles. The normalized spacial score (nSPS) is 11.4. The van der Waals surface area contributed by atoms with Gasteiger partial charge in [-0.3, -0.25) is 0 Å². The minimum Gasteiger partial charge on any atom is -0.478 e. The summed E-state index contributed by atoms with van der Waals surface area (Å²) in [5, 5.41) is 8.93. The van der Waals surface area contributed by atoms with E-state index in [1.807, 2.05) is 13.0 Å². The molecule has 0 aliphatic heterocycles. The second-order valence-electron chi connectivity index (χ2n) is 4.47. The Balaban J connectivity index is 2.64. The molecule has 0 aliphatic rings. The molecule has 0 heterocycles. The third-order valence-electron chi connectivity index (χ3n) is 2.86. The largest absolute Gasteiger partial charge is 0.478 e. The SMILES string of the molecule is Cc1cccc(-c2cc(C(=O)O)cc(C(F)(F)F)c2)c1. The van der Waals surface area contributed by atoms with Gasteiger partial charge in [-0.05, 0) is 36.2 Å². The molecule has 20 heavy (non-hydrogen) atoms. The third-order valence-corrected chi connectivity index (χ3v) is 2.86. The van der Waals surface area contributed by atoms with Gasteiger partial charge in [0, 0.05) is 0 Å². The molecule has 0 atom stereocenters. The number of aryl methyl sites for hydroxylation is 1. The van der Waals surface area contributed by atoms with Crippen molar-refractivity contribution in [2.24, 2.45) is 0 Å². The molecule has 104 valence electrons. The molecular formula is C15H11F3O2. The number of carbonyl (C=O) groups is 1. The molecule has 5 heteroatoms. The number of hydrogen-bond acceptors (Lipinski definition) is 1. The van der Waals surface area contributed by atoms with Gasteiger partial charge in [-0.15, -0.1) is 0 Å². The highest BCUT2D eigenvalue weighted by Gasteiger charge is 2.31. The van der Waals surface area contributed by atoms with Gasteiger partial charge in [-0.1, -0.05) is 29.8 Å². The Morgan fingerprint density at radius 1 is 1.05 bits per heavy atom. The summed E-state index contributed by atoms with van der Waals surface area (Å²) < 4.78 is 38.4. The molecule has 0 bridgehead atoms. The number of rotatable bonds is 2. The molecule has 2 rings (SSSR count). The topological polar surface area (TPSA) is 37.3 Å². The van der Waals surface area contributed by atoms with Gasteiger partial charge in [0.1, 0.15) is 0 Å². The van der Waals surface area contributed by atoms with Crippen molar-refractivity contribution in [3.05, 3.63) is 59.2 Å². The molecule has 2 nitrogen and oxygen atoms in total. The van der Waals surface area contributed by atoms with Gasteiger partial charge in [0.15, 0.2) is 0 Å². The van der Waals surface area contributed by atoms with Crippen LogP contribution in [0.15, 0.2) is 42.5 Å². The number of carboxylic acids is 1. The van der Waals surface area contributed by atoms with Gasteiger partial charge in [-0.25, -0.2) is 4.79 Å². The maximum absolute atomic E-state index is 12.8.